The minimum atomic E-state index is -1.18. The van der Waals surface area contributed by atoms with Crippen molar-refractivity contribution < 1.29 is 5.11 Å². The molecule has 0 bridgehead atoms. The molecule has 1 aliphatic heterocycles. The fraction of sp³-hybridized carbons (Fsp3) is 0.235. The van der Waals surface area contributed by atoms with Gasteiger partial charge in [-0.05, 0) is 25.5 Å². The van der Waals surface area contributed by atoms with Crippen LogP contribution >= 0.6 is 0 Å². The molecule has 0 spiro atoms. The van der Waals surface area contributed by atoms with Crippen LogP contribution in [0.25, 0.3) is 0 Å². The molecule has 0 amide bonds. The van der Waals surface area contributed by atoms with Gasteiger partial charge < -0.3 is 10.8 Å². The second-order valence-electron chi connectivity index (χ2n) is 5.72. The predicted octanol–water partition coefficient (Wildman–Crippen LogP) is 2.95. The standard InChI is InChI=1S/C17H18N2O/c1-16(2)15(18)19-14-11-7-6-10-13(14)17(16,20)12-8-4-3-5-9-12/h3-11,20H,1-2H3,(H2,18,19). The summed E-state index contributed by atoms with van der Waals surface area (Å²) in [6.07, 6.45) is 0. The number of para-hydroxylation sites is 1. The molecule has 1 atom stereocenters. The zero-order valence-electron chi connectivity index (χ0n) is 11.7. The molecule has 0 fully saturated rings. The Bertz CT molecular complexity index is 676. The van der Waals surface area contributed by atoms with E-state index in [1.54, 1.807) is 0 Å². The molecule has 0 aromatic heterocycles. The first-order chi connectivity index (χ1) is 9.48. The average Bonchev–Trinajstić information content (AvgIpc) is 2.46. The summed E-state index contributed by atoms with van der Waals surface area (Å²) >= 11 is 0. The van der Waals surface area contributed by atoms with E-state index in [4.69, 9.17) is 5.73 Å². The number of rotatable bonds is 1. The second-order valence-corrected chi connectivity index (χ2v) is 5.72. The molecule has 0 saturated heterocycles. The first-order valence-electron chi connectivity index (χ1n) is 6.70. The number of nitrogens with two attached hydrogens (primary N) is 1. The van der Waals surface area contributed by atoms with Crippen LogP contribution in [-0.2, 0) is 5.60 Å². The highest BCUT2D eigenvalue weighted by molar-refractivity contribution is 5.93. The van der Waals surface area contributed by atoms with E-state index in [1.807, 2.05) is 68.4 Å². The van der Waals surface area contributed by atoms with E-state index in [0.717, 1.165) is 16.8 Å². The van der Waals surface area contributed by atoms with Gasteiger partial charge in [-0.25, -0.2) is 4.99 Å². The van der Waals surface area contributed by atoms with Crippen molar-refractivity contribution in [1.82, 2.24) is 0 Å². The normalized spacial score (nSPS) is 23.9. The van der Waals surface area contributed by atoms with E-state index in [2.05, 4.69) is 4.99 Å². The third kappa shape index (κ3) is 1.53. The number of fused-ring (bicyclic) bond motifs is 1. The molecule has 20 heavy (non-hydrogen) atoms. The fourth-order valence-electron chi connectivity index (χ4n) is 2.86. The van der Waals surface area contributed by atoms with Gasteiger partial charge in [-0.1, -0.05) is 48.5 Å². The highest BCUT2D eigenvalue weighted by atomic mass is 16.3. The van der Waals surface area contributed by atoms with Gasteiger partial charge in [0.25, 0.3) is 0 Å². The Kier molecular flexibility index (Phi) is 2.69. The summed E-state index contributed by atoms with van der Waals surface area (Å²) in [5.41, 5.74) is 6.63. The molecule has 1 aliphatic rings. The number of hydrogen-bond acceptors (Lipinski definition) is 3. The summed E-state index contributed by atoms with van der Waals surface area (Å²) in [6.45, 7) is 3.85. The SMILES string of the molecule is CC1(C)C(N)=Nc2ccccc2C1(O)c1ccccc1. The van der Waals surface area contributed by atoms with Crippen LogP contribution in [0.1, 0.15) is 25.0 Å². The lowest BCUT2D eigenvalue weighted by molar-refractivity contribution is -0.000386. The lowest BCUT2D eigenvalue weighted by Gasteiger charge is -2.46. The monoisotopic (exact) mass is 266 g/mol. The quantitative estimate of drug-likeness (QED) is 0.833. The van der Waals surface area contributed by atoms with Crippen molar-refractivity contribution in [1.29, 1.82) is 0 Å². The molecule has 2 aromatic rings. The zero-order chi connectivity index (χ0) is 14.4. The van der Waals surface area contributed by atoms with Crippen molar-refractivity contribution in [2.75, 3.05) is 0 Å². The predicted molar refractivity (Wildman–Crippen MR) is 80.9 cm³/mol. The molecule has 3 nitrogen and oxygen atoms in total. The van der Waals surface area contributed by atoms with Crippen molar-refractivity contribution in [2.24, 2.45) is 16.1 Å². The first-order valence-corrected chi connectivity index (χ1v) is 6.70. The Labute approximate surface area is 118 Å². The van der Waals surface area contributed by atoms with Crippen LogP contribution in [0.4, 0.5) is 5.69 Å². The van der Waals surface area contributed by atoms with Gasteiger partial charge in [0.2, 0.25) is 0 Å². The molecule has 0 saturated carbocycles. The molecule has 102 valence electrons. The Balaban J connectivity index is 2.35. The highest BCUT2D eigenvalue weighted by Gasteiger charge is 2.52. The largest absolute Gasteiger partial charge is 0.387 e. The third-order valence-corrected chi connectivity index (χ3v) is 4.27. The topological polar surface area (TPSA) is 58.6 Å². The minimum absolute atomic E-state index is 0.447. The number of hydrogen-bond donors (Lipinski definition) is 2. The average molecular weight is 266 g/mol. The van der Waals surface area contributed by atoms with Gasteiger partial charge in [0.15, 0.2) is 0 Å². The Morgan fingerprint density at radius 3 is 2.25 bits per heavy atom. The van der Waals surface area contributed by atoms with Gasteiger partial charge in [-0.2, -0.15) is 0 Å². The molecule has 1 unspecified atom stereocenters. The molecule has 3 heteroatoms. The lowest BCUT2D eigenvalue weighted by Crippen LogP contribution is -2.52. The van der Waals surface area contributed by atoms with Crippen LogP contribution in [0.15, 0.2) is 59.6 Å². The molecule has 0 aliphatic carbocycles. The van der Waals surface area contributed by atoms with E-state index in [0.29, 0.717) is 5.84 Å². The van der Waals surface area contributed by atoms with Gasteiger partial charge in [-0.15, -0.1) is 0 Å². The van der Waals surface area contributed by atoms with E-state index < -0.39 is 11.0 Å². The van der Waals surface area contributed by atoms with Crippen LogP contribution < -0.4 is 5.73 Å². The number of benzene rings is 2. The summed E-state index contributed by atoms with van der Waals surface area (Å²) in [5, 5.41) is 11.5. The van der Waals surface area contributed by atoms with E-state index in [1.165, 1.54) is 0 Å². The van der Waals surface area contributed by atoms with Gasteiger partial charge in [0, 0.05) is 5.56 Å². The van der Waals surface area contributed by atoms with Gasteiger partial charge in [0.05, 0.1) is 11.1 Å². The van der Waals surface area contributed by atoms with Gasteiger partial charge in [0.1, 0.15) is 11.4 Å². The maximum absolute atomic E-state index is 11.5. The fourth-order valence-corrected chi connectivity index (χ4v) is 2.86. The molecule has 0 radical (unpaired) electrons. The van der Waals surface area contributed by atoms with Gasteiger partial charge >= 0.3 is 0 Å². The number of aliphatic imine (C=N–C) groups is 1. The maximum Gasteiger partial charge on any atom is 0.129 e. The summed E-state index contributed by atoms with van der Waals surface area (Å²) in [7, 11) is 0. The highest BCUT2D eigenvalue weighted by Crippen LogP contribution is 2.51. The minimum Gasteiger partial charge on any atom is -0.387 e. The molecule has 1 heterocycles. The van der Waals surface area contributed by atoms with Crippen LogP contribution in [0.2, 0.25) is 0 Å². The Hall–Kier alpha value is -2.13. The molecular formula is C17H18N2O. The maximum atomic E-state index is 11.5. The van der Waals surface area contributed by atoms with Crippen LogP contribution in [-0.4, -0.2) is 10.9 Å². The summed E-state index contributed by atoms with van der Waals surface area (Å²) in [4.78, 5) is 4.45. The number of amidine groups is 1. The summed E-state index contributed by atoms with van der Waals surface area (Å²) < 4.78 is 0. The number of aliphatic hydroxyl groups is 1. The van der Waals surface area contributed by atoms with Crippen LogP contribution in [0, 0.1) is 5.41 Å². The second kappa shape index (κ2) is 4.18. The van der Waals surface area contributed by atoms with Gasteiger partial charge in [-0.3, -0.25) is 0 Å². The number of nitrogens with zero attached hydrogens (tertiary/aromatic N) is 1. The summed E-state index contributed by atoms with van der Waals surface area (Å²) in [5.74, 6) is 0.447. The van der Waals surface area contributed by atoms with Crippen molar-refractivity contribution in [3.8, 4) is 0 Å². The Morgan fingerprint density at radius 2 is 1.55 bits per heavy atom. The van der Waals surface area contributed by atoms with Crippen LogP contribution in [0.3, 0.4) is 0 Å². The van der Waals surface area contributed by atoms with E-state index >= 15 is 0 Å². The smallest absolute Gasteiger partial charge is 0.129 e. The third-order valence-electron chi connectivity index (χ3n) is 4.27. The van der Waals surface area contributed by atoms with Crippen molar-refractivity contribution >= 4 is 11.5 Å². The first kappa shape index (κ1) is 12.9. The van der Waals surface area contributed by atoms with Crippen molar-refractivity contribution in [2.45, 2.75) is 19.4 Å². The zero-order valence-corrected chi connectivity index (χ0v) is 11.7. The molecule has 2 aromatic carbocycles. The summed E-state index contributed by atoms with van der Waals surface area (Å²) in [6, 6.07) is 17.3. The van der Waals surface area contributed by atoms with E-state index in [-0.39, 0.29) is 0 Å². The van der Waals surface area contributed by atoms with E-state index in [9.17, 15) is 5.11 Å². The lowest BCUT2D eigenvalue weighted by atomic mass is 9.64. The van der Waals surface area contributed by atoms with Crippen molar-refractivity contribution in [3.63, 3.8) is 0 Å². The molecule has 3 N–H and O–H groups in total. The molecule has 3 rings (SSSR count). The Morgan fingerprint density at radius 1 is 0.950 bits per heavy atom. The van der Waals surface area contributed by atoms with Crippen molar-refractivity contribution in [3.05, 3.63) is 65.7 Å². The molecular weight excluding hydrogens is 248 g/mol. The van der Waals surface area contributed by atoms with Crippen LogP contribution in [0.5, 0.6) is 0 Å².